The minimum absolute atomic E-state index is 0.0803. The van der Waals surface area contributed by atoms with Gasteiger partial charge in [0.25, 0.3) is 0 Å². The topological polar surface area (TPSA) is 62.5 Å². The Morgan fingerprint density at radius 2 is 2.16 bits per heavy atom. The van der Waals surface area contributed by atoms with Gasteiger partial charge in [0.05, 0.1) is 12.6 Å². The minimum Gasteiger partial charge on any atom is -0.340 e. The average molecular weight is 340 g/mol. The molecule has 1 amide bonds. The van der Waals surface area contributed by atoms with Crippen LogP contribution in [-0.2, 0) is 11.2 Å². The van der Waals surface area contributed by atoms with Crippen LogP contribution in [0.25, 0.3) is 0 Å². The van der Waals surface area contributed by atoms with Crippen molar-refractivity contribution in [2.75, 3.05) is 18.0 Å². The normalized spacial score (nSPS) is 23.7. The molecule has 2 aliphatic heterocycles. The van der Waals surface area contributed by atoms with E-state index in [1.165, 1.54) is 5.56 Å². The van der Waals surface area contributed by atoms with Crippen molar-refractivity contribution in [3.63, 3.8) is 0 Å². The monoisotopic (exact) mass is 340 g/mol. The fourth-order valence-corrected chi connectivity index (χ4v) is 4.08. The number of benzene rings is 1. The Morgan fingerprint density at radius 1 is 1.32 bits per heavy atom. The first-order valence-electron chi connectivity index (χ1n) is 9.07. The van der Waals surface area contributed by atoms with Crippen LogP contribution >= 0.6 is 0 Å². The first-order chi connectivity index (χ1) is 12.1. The summed E-state index contributed by atoms with van der Waals surface area (Å²) in [5, 5.41) is 4.07. The molecule has 0 spiro atoms. The largest absolute Gasteiger partial charge is 0.340 e. The van der Waals surface area contributed by atoms with Gasteiger partial charge in [-0.3, -0.25) is 9.69 Å². The van der Waals surface area contributed by atoms with E-state index in [0.717, 1.165) is 37.9 Å². The second kappa shape index (κ2) is 6.59. The number of fused-ring (bicyclic) bond motifs is 1. The number of nitrogens with zero attached hydrogens (tertiary/aromatic N) is 4. The van der Waals surface area contributed by atoms with Crippen LogP contribution in [0.15, 0.2) is 28.8 Å². The minimum atomic E-state index is 0.0803. The van der Waals surface area contributed by atoms with Crippen molar-refractivity contribution in [3.8, 4) is 0 Å². The molecule has 2 aliphatic rings. The van der Waals surface area contributed by atoms with Gasteiger partial charge in [0.1, 0.15) is 0 Å². The summed E-state index contributed by atoms with van der Waals surface area (Å²) in [6.45, 7) is 5.23. The summed E-state index contributed by atoms with van der Waals surface area (Å²) in [5.41, 5.74) is 2.33. The maximum Gasteiger partial charge on any atom is 0.241 e. The number of aromatic nitrogens is 2. The number of hydrogen-bond acceptors (Lipinski definition) is 5. The molecule has 0 unspecified atom stereocenters. The number of anilines is 1. The predicted molar refractivity (Wildman–Crippen MR) is 94.3 cm³/mol. The second-order valence-corrected chi connectivity index (χ2v) is 7.08. The zero-order valence-corrected chi connectivity index (χ0v) is 14.8. The highest BCUT2D eigenvalue weighted by atomic mass is 16.5. The average Bonchev–Trinajstić information content (AvgIpc) is 3.23. The molecular formula is C19H24N4O2. The van der Waals surface area contributed by atoms with Crippen LogP contribution in [0.5, 0.6) is 0 Å². The molecule has 2 aromatic rings. The fourth-order valence-electron chi connectivity index (χ4n) is 4.08. The van der Waals surface area contributed by atoms with E-state index in [9.17, 15) is 4.79 Å². The number of carbonyl (C=O) groups excluding carboxylic acids is 1. The molecule has 132 valence electrons. The van der Waals surface area contributed by atoms with Crippen LogP contribution in [0.2, 0.25) is 0 Å². The van der Waals surface area contributed by atoms with E-state index in [2.05, 4.69) is 34.1 Å². The Bertz CT molecular complexity index is 772. The number of hydrogen-bond donors (Lipinski definition) is 0. The number of likely N-dealkylation sites (tertiary alicyclic amines) is 1. The maximum absolute atomic E-state index is 13.1. The Kier molecular flexibility index (Phi) is 4.29. The molecular weight excluding hydrogens is 316 g/mol. The van der Waals surface area contributed by atoms with E-state index in [1.54, 1.807) is 6.92 Å². The summed E-state index contributed by atoms with van der Waals surface area (Å²) < 4.78 is 5.13. The van der Waals surface area contributed by atoms with Crippen LogP contribution in [0.3, 0.4) is 0 Å². The second-order valence-electron chi connectivity index (χ2n) is 7.08. The van der Waals surface area contributed by atoms with Gasteiger partial charge < -0.3 is 9.42 Å². The van der Waals surface area contributed by atoms with E-state index in [4.69, 9.17) is 4.52 Å². The molecule has 0 bridgehead atoms. The molecule has 1 saturated heterocycles. The fraction of sp³-hybridized carbons (Fsp3) is 0.526. The first-order valence-corrected chi connectivity index (χ1v) is 9.07. The van der Waals surface area contributed by atoms with Gasteiger partial charge in [0.15, 0.2) is 5.82 Å². The van der Waals surface area contributed by atoms with E-state index >= 15 is 0 Å². The van der Waals surface area contributed by atoms with Gasteiger partial charge in [-0.1, -0.05) is 23.4 Å². The van der Waals surface area contributed by atoms with Crippen molar-refractivity contribution in [3.05, 3.63) is 41.5 Å². The molecule has 2 atom stereocenters. The van der Waals surface area contributed by atoms with Gasteiger partial charge >= 0.3 is 0 Å². The summed E-state index contributed by atoms with van der Waals surface area (Å²) in [6, 6.07) is 8.56. The van der Waals surface area contributed by atoms with Crippen LogP contribution in [-0.4, -0.2) is 40.1 Å². The van der Waals surface area contributed by atoms with Crippen molar-refractivity contribution in [2.45, 2.75) is 51.6 Å². The summed E-state index contributed by atoms with van der Waals surface area (Å²) in [5.74, 6) is 1.44. The molecule has 0 saturated carbocycles. The Balaban J connectivity index is 1.53. The van der Waals surface area contributed by atoms with Gasteiger partial charge in [0.2, 0.25) is 11.8 Å². The molecule has 1 aromatic heterocycles. The molecule has 6 nitrogen and oxygen atoms in total. The lowest BCUT2D eigenvalue weighted by Crippen LogP contribution is -2.47. The molecule has 1 aromatic carbocycles. The highest BCUT2D eigenvalue weighted by Gasteiger charge is 2.34. The maximum atomic E-state index is 13.1. The number of carbonyl (C=O) groups is 1. The number of para-hydroxylation sites is 1. The molecule has 4 rings (SSSR count). The van der Waals surface area contributed by atoms with Gasteiger partial charge in [-0.15, -0.1) is 0 Å². The van der Waals surface area contributed by atoms with Crippen molar-refractivity contribution < 1.29 is 9.32 Å². The van der Waals surface area contributed by atoms with Crippen molar-refractivity contribution in [1.29, 1.82) is 0 Å². The molecule has 25 heavy (non-hydrogen) atoms. The highest BCUT2D eigenvalue weighted by Crippen LogP contribution is 2.33. The molecule has 0 N–H and O–H groups in total. The third kappa shape index (κ3) is 3.06. The zero-order chi connectivity index (χ0) is 17.4. The van der Waals surface area contributed by atoms with Gasteiger partial charge in [0, 0.05) is 18.7 Å². The number of rotatable bonds is 3. The van der Waals surface area contributed by atoms with E-state index in [-0.39, 0.29) is 18.0 Å². The number of aryl methyl sites for hydroxylation is 2. The van der Waals surface area contributed by atoms with E-state index in [0.29, 0.717) is 18.3 Å². The van der Waals surface area contributed by atoms with Crippen LogP contribution in [0.4, 0.5) is 5.69 Å². The van der Waals surface area contributed by atoms with E-state index < -0.39 is 0 Å². The predicted octanol–water partition coefficient (Wildman–Crippen LogP) is 2.88. The van der Waals surface area contributed by atoms with Gasteiger partial charge in [-0.05, 0) is 50.8 Å². The molecule has 0 aliphatic carbocycles. The summed E-state index contributed by atoms with van der Waals surface area (Å²) >= 11 is 0. The Labute approximate surface area is 147 Å². The van der Waals surface area contributed by atoms with Crippen LogP contribution in [0, 0.1) is 6.92 Å². The number of amides is 1. The van der Waals surface area contributed by atoms with Gasteiger partial charge in [-0.2, -0.15) is 4.98 Å². The Morgan fingerprint density at radius 3 is 2.96 bits per heavy atom. The quantitative estimate of drug-likeness (QED) is 0.860. The van der Waals surface area contributed by atoms with Crippen molar-refractivity contribution in [1.82, 2.24) is 15.0 Å². The Hall–Kier alpha value is -2.21. The summed E-state index contributed by atoms with van der Waals surface area (Å²) in [4.78, 5) is 21.7. The SMILES string of the molecule is Cc1nc([C@H]2CCCN2CC(=O)N2c3ccccc3CC[C@@H]2C)no1. The van der Waals surface area contributed by atoms with E-state index in [1.807, 2.05) is 17.0 Å². The lowest BCUT2D eigenvalue weighted by molar-refractivity contribution is -0.120. The summed E-state index contributed by atoms with van der Waals surface area (Å²) in [6.07, 6.45) is 4.07. The van der Waals surface area contributed by atoms with Gasteiger partial charge in [-0.25, -0.2) is 0 Å². The molecule has 1 fully saturated rings. The van der Waals surface area contributed by atoms with Crippen molar-refractivity contribution >= 4 is 11.6 Å². The zero-order valence-electron chi connectivity index (χ0n) is 14.8. The van der Waals surface area contributed by atoms with Crippen molar-refractivity contribution in [2.24, 2.45) is 0 Å². The lowest BCUT2D eigenvalue weighted by atomic mass is 9.96. The highest BCUT2D eigenvalue weighted by molar-refractivity contribution is 5.96. The lowest BCUT2D eigenvalue weighted by Gasteiger charge is -2.36. The third-order valence-corrected chi connectivity index (χ3v) is 5.34. The third-order valence-electron chi connectivity index (χ3n) is 5.34. The smallest absolute Gasteiger partial charge is 0.241 e. The standard InChI is InChI=1S/C19H24N4O2/c1-13-9-10-15-6-3-4-7-16(15)23(13)18(24)12-22-11-5-8-17(22)19-20-14(2)25-21-19/h3-4,6-7,13,17H,5,8-12H2,1-2H3/t13-,17+/m0/s1. The first kappa shape index (κ1) is 16.3. The molecule has 3 heterocycles. The van der Waals surface area contributed by atoms with Crippen LogP contribution < -0.4 is 4.90 Å². The van der Waals surface area contributed by atoms with Crippen LogP contribution in [0.1, 0.15) is 49.5 Å². The summed E-state index contributed by atoms with van der Waals surface area (Å²) in [7, 11) is 0. The molecule has 6 heteroatoms. The molecule has 0 radical (unpaired) electrons.